The average Bonchev–Trinajstić information content (AvgIpc) is 2.13. The van der Waals surface area contributed by atoms with Gasteiger partial charge in [0.05, 0.1) is 0 Å². The molecule has 0 fully saturated rings. The predicted octanol–water partition coefficient (Wildman–Crippen LogP) is -1.67. The van der Waals surface area contributed by atoms with Crippen LogP contribution in [0.2, 0.25) is 0 Å². The number of hydrogen-bond donors (Lipinski definition) is 2. The molecule has 0 radical (unpaired) electrons. The Balaban J connectivity index is 0. The Hall–Kier alpha value is -0.220. The van der Waals surface area contributed by atoms with Crippen LogP contribution in [0.4, 0.5) is 0 Å². The maximum atomic E-state index is 11.2. The zero-order chi connectivity index (χ0) is 13.4. The molecule has 0 aliphatic carbocycles. The average molecular weight is 302 g/mol. The van der Waals surface area contributed by atoms with Crippen molar-refractivity contribution in [1.82, 2.24) is 0 Å². The molecule has 0 aliphatic heterocycles. The molecule has 0 spiro atoms. The van der Waals surface area contributed by atoms with Crippen LogP contribution in [0.1, 0.15) is 13.9 Å². The number of allylic oxidation sites excluding steroid dienone is 1. The molecular formula is C9H11NaO6S2. The van der Waals surface area contributed by atoms with Crippen LogP contribution in [0.3, 0.4) is 0 Å². The first-order chi connectivity index (χ1) is 7.55. The van der Waals surface area contributed by atoms with Gasteiger partial charge in [-0.1, -0.05) is 18.7 Å². The van der Waals surface area contributed by atoms with Gasteiger partial charge in [0.25, 0.3) is 20.2 Å². The number of rotatable bonds is 3. The van der Waals surface area contributed by atoms with E-state index in [0.717, 1.165) is 6.07 Å². The Morgan fingerprint density at radius 3 is 2.00 bits per heavy atom. The van der Waals surface area contributed by atoms with Gasteiger partial charge in [0.15, 0.2) is 0 Å². The second-order valence-electron chi connectivity index (χ2n) is 3.36. The first-order valence-electron chi connectivity index (χ1n) is 4.29. The van der Waals surface area contributed by atoms with Crippen LogP contribution in [-0.4, -0.2) is 25.9 Å². The first kappa shape index (κ1) is 17.8. The van der Waals surface area contributed by atoms with E-state index in [4.69, 9.17) is 9.11 Å². The molecule has 6 nitrogen and oxygen atoms in total. The monoisotopic (exact) mass is 302 g/mol. The summed E-state index contributed by atoms with van der Waals surface area (Å²) in [5.74, 6) is 0. The third-order valence-electron chi connectivity index (χ3n) is 1.97. The summed E-state index contributed by atoms with van der Waals surface area (Å²) in [5.41, 5.74) is 0.172. The van der Waals surface area contributed by atoms with Crippen molar-refractivity contribution < 1.29 is 56.9 Å². The van der Waals surface area contributed by atoms with Crippen LogP contribution in [-0.2, 0) is 20.2 Å². The van der Waals surface area contributed by atoms with Gasteiger partial charge in [-0.25, -0.2) is 0 Å². The largest absolute Gasteiger partial charge is 1.00 e. The molecule has 0 unspecified atom stereocenters. The van der Waals surface area contributed by atoms with E-state index in [1.807, 2.05) is 0 Å². The Bertz CT molecular complexity index is 681. The van der Waals surface area contributed by atoms with E-state index in [9.17, 15) is 16.8 Å². The summed E-state index contributed by atoms with van der Waals surface area (Å²) in [5, 5.41) is 0. The molecule has 1 aromatic rings. The molecule has 0 saturated heterocycles. The molecule has 1 aromatic carbocycles. The zero-order valence-electron chi connectivity index (χ0n) is 10.8. The van der Waals surface area contributed by atoms with Crippen molar-refractivity contribution in [2.75, 3.05) is 0 Å². The van der Waals surface area contributed by atoms with Crippen molar-refractivity contribution in [3.05, 3.63) is 30.3 Å². The quantitative estimate of drug-likeness (QED) is 0.510. The summed E-state index contributed by atoms with van der Waals surface area (Å²) >= 11 is 0. The van der Waals surface area contributed by atoms with Gasteiger partial charge in [0.1, 0.15) is 9.79 Å². The normalized spacial score (nSPS) is 11.7. The molecule has 1 rings (SSSR count). The van der Waals surface area contributed by atoms with Gasteiger partial charge >= 0.3 is 29.6 Å². The van der Waals surface area contributed by atoms with Crippen LogP contribution in [0.15, 0.2) is 34.6 Å². The van der Waals surface area contributed by atoms with Gasteiger partial charge in [-0.3, -0.25) is 9.11 Å². The molecule has 2 N–H and O–H groups in total. The Kier molecular flexibility index (Phi) is 5.75. The van der Waals surface area contributed by atoms with Crippen molar-refractivity contribution >= 4 is 25.8 Å². The fourth-order valence-corrected chi connectivity index (χ4v) is 3.39. The van der Waals surface area contributed by atoms with E-state index < -0.39 is 30.0 Å². The van der Waals surface area contributed by atoms with E-state index in [1.54, 1.807) is 0 Å². The van der Waals surface area contributed by atoms with E-state index >= 15 is 0 Å². The van der Waals surface area contributed by atoms with Crippen LogP contribution in [0.5, 0.6) is 0 Å². The van der Waals surface area contributed by atoms with Gasteiger partial charge < -0.3 is 1.43 Å². The number of hydrogen-bond acceptors (Lipinski definition) is 4. The molecule has 9 heteroatoms. The van der Waals surface area contributed by atoms with Crippen molar-refractivity contribution in [3.8, 4) is 0 Å². The summed E-state index contributed by atoms with van der Waals surface area (Å²) in [4.78, 5) is -1.74. The minimum absolute atomic E-state index is 0. The molecular weight excluding hydrogens is 291 g/mol. The summed E-state index contributed by atoms with van der Waals surface area (Å²) in [6.07, 6.45) is 0. The second-order valence-corrected chi connectivity index (χ2v) is 6.11. The Labute approximate surface area is 129 Å². The van der Waals surface area contributed by atoms with Gasteiger partial charge in [0, 0.05) is 0 Å². The summed E-state index contributed by atoms with van der Waals surface area (Å²) < 4.78 is 62.3. The van der Waals surface area contributed by atoms with Crippen LogP contribution >= 0.6 is 0 Å². The summed E-state index contributed by atoms with van der Waals surface area (Å²) in [6, 6.07) is 3.40. The molecule has 0 heterocycles. The smallest absolute Gasteiger partial charge is 1.00 e. The molecule has 0 bridgehead atoms. The van der Waals surface area contributed by atoms with Crippen molar-refractivity contribution in [1.29, 1.82) is 0 Å². The fourth-order valence-electron chi connectivity index (χ4n) is 1.32. The maximum absolute atomic E-state index is 11.2. The Morgan fingerprint density at radius 1 is 1.17 bits per heavy atom. The van der Waals surface area contributed by atoms with Gasteiger partial charge in [-0.2, -0.15) is 16.8 Å². The van der Waals surface area contributed by atoms with Crippen LogP contribution < -0.4 is 29.6 Å². The molecule has 0 saturated carbocycles. The van der Waals surface area contributed by atoms with Crippen molar-refractivity contribution in [2.24, 2.45) is 0 Å². The third kappa shape index (κ3) is 3.89. The van der Waals surface area contributed by atoms with E-state index in [2.05, 4.69) is 6.58 Å². The number of benzene rings is 1. The third-order valence-corrected chi connectivity index (χ3v) is 3.96. The summed E-state index contributed by atoms with van der Waals surface area (Å²) in [6.45, 7) is 4.91. The standard InChI is InChI=1S/C9H10O6S2.Na.H/c1-6(2)7-4-3-5-8(16(10,11)12)9(7)17(13,14)15;;/h3-5H,1H2,2H3,(H,10,11,12)(H,13,14,15);;/q;+1;-1. The Morgan fingerprint density at radius 2 is 1.67 bits per heavy atom. The van der Waals surface area contributed by atoms with Crippen LogP contribution in [0, 0.1) is 0 Å². The molecule has 0 aliphatic rings. The topological polar surface area (TPSA) is 109 Å². The maximum Gasteiger partial charge on any atom is 1.00 e. The minimum Gasteiger partial charge on any atom is -1.00 e. The summed E-state index contributed by atoms with van der Waals surface area (Å²) in [7, 11) is -9.55. The van der Waals surface area contributed by atoms with E-state index in [1.165, 1.54) is 19.1 Å². The van der Waals surface area contributed by atoms with Gasteiger partial charge in [-0.15, -0.1) is 0 Å². The molecule has 96 valence electrons. The zero-order valence-corrected chi connectivity index (χ0v) is 13.4. The second kappa shape index (κ2) is 5.83. The van der Waals surface area contributed by atoms with Crippen molar-refractivity contribution in [3.63, 3.8) is 0 Å². The molecule has 0 aromatic heterocycles. The van der Waals surface area contributed by atoms with E-state index in [0.29, 0.717) is 0 Å². The van der Waals surface area contributed by atoms with E-state index in [-0.39, 0.29) is 42.1 Å². The molecule has 18 heavy (non-hydrogen) atoms. The van der Waals surface area contributed by atoms with Gasteiger partial charge in [-0.05, 0) is 24.1 Å². The predicted molar refractivity (Wildman–Crippen MR) is 61.9 cm³/mol. The van der Waals surface area contributed by atoms with Crippen LogP contribution in [0.25, 0.3) is 5.57 Å². The minimum atomic E-state index is -4.79. The SMILES string of the molecule is C=C(C)c1cccc(S(=O)(=O)O)c1S(=O)(=O)O.[H-].[Na+]. The molecule has 0 amide bonds. The van der Waals surface area contributed by atoms with Crippen molar-refractivity contribution in [2.45, 2.75) is 16.7 Å². The fraction of sp³-hybridized carbons (Fsp3) is 0.111. The first-order valence-corrected chi connectivity index (χ1v) is 7.17. The van der Waals surface area contributed by atoms with Gasteiger partial charge in [0.2, 0.25) is 0 Å². The molecule has 0 atom stereocenters.